The van der Waals surface area contributed by atoms with Crippen LogP contribution in [0.1, 0.15) is 27.8 Å². The quantitative estimate of drug-likeness (QED) is 0.699. The van der Waals surface area contributed by atoms with Crippen molar-refractivity contribution in [3.8, 4) is 0 Å². The van der Waals surface area contributed by atoms with Crippen LogP contribution in [0.2, 0.25) is 0 Å². The zero-order valence-electron chi connectivity index (χ0n) is 15.8. The number of rotatable bonds is 5. The molecule has 2 aromatic carbocycles. The van der Waals surface area contributed by atoms with Gasteiger partial charge in [0.25, 0.3) is 5.91 Å². The molecule has 1 atom stereocenters. The lowest BCUT2D eigenvalue weighted by Crippen LogP contribution is -2.31. The second kappa shape index (κ2) is 7.75. The highest BCUT2D eigenvalue weighted by atomic mass is 19.1. The summed E-state index contributed by atoms with van der Waals surface area (Å²) in [7, 11) is 1.83. The van der Waals surface area contributed by atoms with Crippen molar-refractivity contribution in [3.05, 3.63) is 83.7 Å². The van der Waals surface area contributed by atoms with Crippen LogP contribution in [0.15, 0.2) is 60.9 Å². The van der Waals surface area contributed by atoms with Gasteiger partial charge in [0.05, 0.1) is 0 Å². The number of nitrogens with one attached hydrogen (secondary N) is 2. The van der Waals surface area contributed by atoms with Gasteiger partial charge in [-0.3, -0.25) is 9.69 Å². The Morgan fingerprint density at radius 1 is 1.17 bits per heavy atom. The maximum absolute atomic E-state index is 13.4. The number of nitrogens with zero attached hydrogens (tertiary/aromatic N) is 3. The van der Waals surface area contributed by atoms with Crippen molar-refractivity contribution in [2.45, 2.75) is 6.04 Å². The molecule has 1 saturated heterocycles. The first kappa shape index (κ1) is 18.7. The van der Waals surface area contributed by atoms with Gasteiger partial charge in [0.2, 0.25) is 0 Å². The molecule has 1 aromatic heterocycles. The van der Waals surface area contributed by atoms with E-state index in [9.17, 15) is 14.0 Å². The fourth-order valence-corrected chi connectivity index (χ4v) is 3.33. The van der Waals surface area contributed by atoms with Crippen LogP contribution in [0, 0.1) is 5.82 Å². The second-order valence-electron chi connectivity index (χ2n) is 6.78. The third-order valence-corrected chi connectivity index (χ3v) is 4.89. The van der Waals surface area contributed by atoms with Gasteiger partial charge in [-0.05, 0) is 42.0 Å². The second-order valence-corrected chi connectivity index (χ2v) is 6.78. The Morgan fingerprint density at radius 2 is 1.90 bits per heavy atom. The first-order valence-corrected chi connectivity index (χ1v) is 9.22. The summed E-state index contributed by atoms with van der Waals surface area (Å²) in [5.41, 5.74) is 1.91. The zero-order chi connectivity index (χ0) is 20.4. The predicted octanol–water partition coefficient (Wildman–Crippen LogP) is 2.61. The summed E-state index contributed by atoms with van der Waals surface area (Å²) < 4.78 is 15.2. The number of aromatic nitrogens is 2. The van der Waals surface area contributed by atoms with E-state index in [2.05, 4.69) is 15.6 Å². The summed E-state index contributed by atoms with van der Waals surface area (Å²) in [6.07, 6.45) is 3.43. The molecule has 4 rings (SSSR count). The van der Waals surface area contributed by atoms with Gasteiger partial charge in [-0.1, -0.05) is 12.1 Å². The van der Waals surface area contributed by atoms with E-state index in [-0.39, 0.29) is 17.8 Å². The van der Waals surface area contributed by atoms with Crippen LogP contribution >= 0.6 is 0 Å². The van der Waals surface area contributed by atoms with E-state index in [1.807, 2.05) is 11.6 Å². The minimum Gasteiger partial charge on any atom is -0.338 e. The normalized spacial score (nSPS) is 14.6. The number of hydrogen-bond donors (Lipinski definition) is 2. The zero-order valence-corrected chi connectivity index (χ0v) is 15.8. The van der Waals surface area contributed by atoms with Crippen molar-refractivity contribution < 1.29 is 14.0 Å². The SMILES string of the molecule is Cn1ccnc1C(NC(=O)c1ccc(N2CCNC2=O)cc1)c1ccc(F)cc1. The molecule has 2 N–H and O–H groups in total. The summed E-state index contributed by atoms with van der Waals surface area (Å²) in [6.45, 7) is 1.19. The third-order valence-electron chi connectivity index (χ3n) is 4.89. The molecule has 2 heterocycles. The molecule has 29 heavy (non-hydrogen) atoms. The Balaban J connectivity index is 1.57. The lowest BCUT2D eigenvalue weighted by atomic mass is 10.0. The molecular formula is C21H20FN5O2. The Morgan fingerprint density at radius 3 is 2.48 bits per heavy atom. The van der Waals surface area contributed by atoms with Crippen LogP contribution in [0.3, 0.4) is 0 Å². The van der Waals surface area contributed by atoms with Crippen LogP contribution in [0.25, 0.3) is 0 Å². The largest absolute Gasteiger partial charge is 0.338 e. The average Bonchev–Trinajstić information content (AvgIpc) is 3.35. The van der Waals surface area contributed by atoms with Crippen LogP contribution in [0.5, 0.6) is 0 Å². The summed E-state index contributed by atoms with van der Waals surface area (Å²) in [5.74, 6) is -0.00438. The number of anilines is 1. The van der Waals surface area contributed by atoms with E-state index in [4.69, 9.17) is 0 Å². The van der Waals surface area contributed by atoms with Gasteiger partial charge >= 0.3 is 6.03 Å². The molecule has 7 nitrogen and oxygen atoms in total. The number of urea groups is 1. The van der Waals surface area contributed by atoms with Crippen LogP contribution < -0.4 is 15.5 Å². The van der Waals surface area contributed by atoms with Crippen molar-refractivity contribution >= 4 is 17.6 Å². The number of amides is 3. The van der Waals surface area contributed by atoms with Crippen LogP contribution in [-0.2, 0) is 7.05 Å². The molecule has 0 radical (unpaired) electrons. The van der Waals surface area contributed by atoms with E-state index in [1.165, 1.54) is 12.1 Å². The summed E-state index contributed by atoms with van der Waals surface area (Å²) in [5, 5.41) is 5.72. The lowest BCUT2D eigenvalue weighted by Gasteiger charge is -2.20. The molecule has 0 spiro atoms. The fraction of sp³-hybridized carbons (Fsp3) is 0.190. The molecule has 1 aliphatic rings. The van der Waals surface area contributed by atoms with Crippen LogP contribution in [-0.4, -0.2) is 34.6 Å². The smallest absolute Gasteiger partial charge is 0.321 e. The number of imidazole rings is 1. The topological polar surface area (TPSA) is 79.3 Å². The maximum atomic E-state index is 13.4. The van der Waals surface area contributed by atoms with E-state index >= 15 is 0 Å². The molecule has 3 aromatic rings. The summed E-state index contributed by atoms with van der Waals surface area (Å²) in [6, 6.07) is 12.1. The third kappa shape index (κ3) is 3.82. The fourth-order valence-electron chi connectivity index (χ4n) is 3.33. The lowest BCUT2D eigenvalue weighted by molar-refractivity contribution is 0.0941. The van der Waals surface area contributed by atoms with Crippen molar-refractivity contribution in [1.82, 2.24) is 20.2 Å². The van der Waals surface area contributed by atoms with E-state index < -0.39 is 6.04 Å². The molecule has 1 aliphatic heterocycles. The van der Waals surface area contributed by atoms with Gasteiger partial charge in [0.15, 0.2) is 0 Å². The maximum Gasteiger partial charge on any atom is 0.321 e. The van der Waals surface area contributed by atoms with Gasteiger partial charge in [-0.25, -0.2) is 14.2 Å². The standard InChI is InChI=1S/C21H20FN5O2/c1-26-12-10-23-19(26)18(14-2-6-16(22)7-3-14)25-20(28)15-4-8-17(9-5-15)27-13-11-24-21(27)29/h2-10,12,18H,11,13H2,1H3,(H,24,29)(H,25,28). The van der Waals surface area contributed by atoms with Crippen LogP contribution in [0.4, 0.5) is 14.9 Å². The highest BCUT2D eigenvalue weighted by Crippen LogP contribution is 2.22. The molecule has 3 amide bonds. The highest BCUT2D eigenvalue weighted by molar-refractivity contribution is 5.97. The first-order valence-electron chi connectivity index (χ1n) is 9.22. The Bertz CT molecular complexity index is 1030. The molecule has 148 valence electrons. The van der Waals surface area contributed by atoms with E-state index in [1.54, 1.807) is 53.7 Å². The van der Waals surface area contributed by atoms with Gasteiger partial charge in [-0.15, -0.1) is 0 Å². The van der Waals surface area contributed by atoms with Crippen molar-refractivity contribution in [3.63, 3.8) is 0 Å². The Kier molecular flexibility index (Phi) is 4.99. The van der Waals surface area contributed by atoms with Crippen molar-refractivity contribution in [2.24, 2.45) is 7.05 Å². The number of aryl methyl sites for hydroxylation is 1. The van der Waals surface area contributed by atoms with Crippen molar-refractivity contribution in [1.29, 1.82) is 0 Å². The Labute approximate surface area is 167 Å². The van der Waals surface area contributed by atoms with Crippen molar-refractivity contribution in [2.75, 3.05) is 18.0 Å². The number of hydrogen-bond acceptors (Lipinski definition) is 3. The molecule has 1 unspecified atom stereocenters. The first-order chi connectivity index (χ1) is 14.0. The van der Waals surface area contributed by atoms with Gasteiger partial charge < -0.3 is 15.2 Å². The summed E-state index contributed by atoms with van der Waals surface area (Å²) in [4.78, 5) is 30.6. The van der Waals surface area contributed by atoms with Gasteiger partial charge in [-0.2, -0.15) is 0 Å². The average molecular weight is 393 g/mol. The predicted molar refractivity (Wildman–Crippen MR) is 106 cm³/mol. The highest BCUT2D eigenvalue weighted by Gasteiger charge is 2.23. The monoisotopic (exact) mass is 393 g/mol. The minimum atomic E-state index is -0.535. The number of carbonyl (C=O) groups is 2. The molecule has 0 aliphatic carbocycles. The molecule has 8 heteroatoms. The molecule has 0 bridgehead atoms. The summed E-state index contributed by atoms with van der Waals surface area (Å²) >= 11 is 0. The molecule has 1 fully saturated rings. The number of halogens is 1. The minimum absolute atomic E-state index is 0.145. The number of benzene rings is 2. The molecule has 0 saturated carbocycles. The van der Waals surface area contributed by atoms with E-state index in [0.29, 0.717) is 24.5 Å². The van der Waals surface area contributed by atoms with Gasteiger partial charge in [0.1, 0.15) is 17.7 Å². The number of carbonyl (C=O) groups excluding carboxylic acids is 2. The Hall–Kier alpha value is -3.68. The van der Waals surface area contributed by atoms with E-state index in [0.717, 1.165) is 11.3 Å². The van der Waals surface area contributed by atoms with Gasteiger partial charge in [0, 0.05) is 43.8 Å². The molecular weight excluding hydrogens is 373 g/mol.